The molecule has 17 heavy (non-hydrogen) atoms. The number of amides is 1. The van der Waals surface area contributed by atoms with Crippen LogP contribution in [-0.4, -0.2) is 24.6 Å². The lowest BCUT2D eigenvalue weighted by atomic mass is 10.2. The number of anilines is 1. The van der Waals surface area contributed by atoms with E-state index in [1.165, 1.54) is 0 Å². The quantitative estimate of drug-likeness (QED) is 0.701. The van der Waals surface area contributed by atoms with Crippen molar-refractivity contribution in [2.45, 2.75) is 25.9 Å². The Balaban J connectivity index is 2.35. The third-order valence-electron chi connectivity index (χ3n) is 2.73. The molecular formula is C13H20N2O2. The van der Waals surface area contributed by atoms with E-state index in [4.69, 9.17) is 10.8 Å². The predicted octanol–water partition coefficient (Wildman–Crippen LogP) is 1.27. The number of nitrogens with two attached hydrogens (primary N) is 1. The van der Waals surface area contributed by atoms with Crippen LogP contribution in [0.3, 0.4) is 0 Å². The van der Waals surface area contributed by atoms with Crippen molar-refractivity contribution in [3.8, 4) is 0 Å². The number of unbranched alkanes of at least 4 members (excludes halogenated alkanes) is 1. The molecule has 0 saturated carbocycles. The van der Waals surface area contributed by atoms with Crippen molar-refractivity contribution < 1.29 is 9.90 Å². The maximum absolute atomic E-state index is 10.6. The minimum Gasteiger partial charge on any atom is -0.392 e. The lowest BCUT2D eigenvalue weighted by molar-refractivity contribution is -0.118. The molecule has 94 valence electrons. The van der Waals surface area contributed by atoms with Gasteiger partial charge in [0.25, 0.3) is 0 Å². The lowest BCUT2D eigenvalue weighted by Crippen LogP contribution is -2.19. The molecule has 1 aromatic rings. The van der Waals surface area contributed by atoms with Gasteiger partial charge < -0.3 is 15.7 Å². The van der Waals surface area contributed by atoms with E-state index in [2.05, 4.69) is 4.90 Å². The van der Waals surface area contributed by atoms with Gasteiger partial charge >= 0.3 is 0 Å². The molecule has 0 bridgehead atoms. The maximum Gasteiger partial charge on any atom is 0.217 e. The number of aliphatic hydroxyl groups is 1. The minimum absolute atomic E-state index is 0.0720. The first-order valence-electron chi connectivity index (χ1n) is 5.82. The Morgan fingerprint density at radius 1 is 1.29 bits per heavy atom. The lowest BCUT2D eigenvalue weighted by Gasteiger charge is -2.19. The molecule has 0 aliphatic carbocycles. The Morgan fingerprint density at radius 2 is 1.94 bits per heavy atom. The highest BCUT2D eigenvalue weighted by Gasteiger charge is 2.01. The molecule has 0 aromatic heterocycles. The SMILES string of the molecule is CN(CCCCC(N)=O)c1ccc(CO)cc1. The molecule has 1 aromatic carbocycles. The summed E-state index contributed by atoms with van der Waals surface area (Å²) in [6.45, 7) is 0.967. The van der Waals surface area contributed by atoms with Crippen LogP contribution in [0.2, 0.25) is 0 Å². The molecule has 1 rings (SSSR count). The van der Waals surface area contributed by atoms with Crippen LogP contribution in [0.5, 0.6) is 0 Å². The first-order valence-corrected chi connectivity index (χ1v) is 5.82. The highest BCUT2D eigenvalue weighted by atomic mass is 16.3. The van der Waals surface area contributed by atoms with Gasteiger partial charge in [-0.2, -0.15) is 0 Å². The molecule has 0 unspecified atom stereocenters. The van der Waals surface area contributed by atoms with Crippen LogP contribution in [0, 0.1) is 0 Å². The molecule has 4 nitrogen and oxygen atoms in total. The fourth-order valence-electron chi connectivity index (χ4n) is 1.63. The third kappa shape index (κ3) is 4.87. The van der Waals surface area contributed by atoms with Crippen molar-refractivity contribution in [2.75, 3.05) is 18.5 Å². The number of rotatable bonds is 7. The summed E-state index contributed by atoms with van der Waals surface area (Å²) in [5, 5.41) is 8.94. The number of carbonyl (C=O) groups excluding carboxylic acids is 1. The van der Waals surface area contributed by atoms with E-state index in [0.29, 0.717) is 6.42 Å². The van der Waals surface area contributed by atoms with Crippen LogP contribution in [0.1, 0.15) is 24.8 Å². The van der Waals surface area contributed by atoms with Crippen molar-refractivity contribution in [3.05, 3.63) is 29.8 Å². The van der Waals surface area contributed by atoms with Crippen LogP contribution in [0.25, 0.3) is 0 Å². The van der Waals surface area contributed by atoms with Gasteiger partial charge in [-0.3, -0.25) is 4.79 Å². The summed E-state index contributed by atoms with van der Waals surface area (Å²) in [6, 6.07) is 7.80. The van der Waals surface area contributed by atoms with E-state index < -0.39 is 0 Å². The van der Waals surface area contributed by atoms with Crippen LogP contribution in [0.4, 0.5) is 5.69 Å². The van der Waals surface area contributed by atoms with Gasteiger partial charge in [0.05, 0.1) is 6.61 Å². The standard InChI is InChI=1S/C13H20N2O2/c1-15(9-3-2-4-13(14)17)12-7-5-11(10-16)6-8-12/h5-8,16H,2-4,9-10H2,1H3,(H2,14,17). The average Bonchev–Trinajstić information content (AvgIpc) is 2.34. The summed E-state index contributed by atoms with van der Waals surface area (Å²) in [5.41, 5.74) is 7.10. The van der Waals surface area contributed by atoms with Gasteiger partial charge in [-0.15, -0.1) is 0 Å². The molecule has 0 atom stereocenters. The van der Waals surface area contributed by atoms with E-state index in [1.54, 1.807) is 0 Å². The van der Waals surface area contributed by atoms with Gasteiger partial charge in [0.2, 0.25) is 5.91 Å². The van der Waals surface area contributed by atoms with E-state index in [1.807, 2.05) is 31.3 Å². The molecular weight excluding hydrogens is 216 g/mol. The Labute approximate surface area is 102 Å². The number of aliphatic hydroxyl groups excluding tert-OH is 1. The van der Waals surface area contributed by atoms with Crippen molar-refractivity contribution in [1.29, 1.82) is 0 Å². The Kier molecular flexibility index (Phi) is 5.49. The number of hydrogen-bond acceptors (Lipinski definition) is 3. The number of primary amides is 1. The zero-order chi connectivity index (χ0) is 12.7. The Morgan fingerprint density at radius 3 is 2.47 bits per heavy atom. The van der Waals surface area contributed by atoms with Gasteiger partial charge in [0.1, 0.15) is 0 Å². The zero-order valence-corrected chi connectivity index (χ0v) is 10.2. The van der Waals surface area contributed by atoms with E-state index >= 15 is 0 Å². The number of hydrogen-bond donors (Lipinski definition) is 2. The smallest absolute Gasteiger partial charge is 0.217 e. The van der Waals surface area contributed by atoms with E-state index in [0.717, 1.165) is 30.6 Å². The van der Waals surface area contributed by atoms with Gasteiger partial charge in [-0.25, -0.2) is 0 Å². The Hall–Kier alpha value is -1.55. The second-order valence-corrected chi connectivity index (χ2v) is 4.17. The summed E-state index contributed by atoms with van der Waals surface area (Å²) >= 11 is 0. The fraction of sp³-hybridized carbons (Fsp3) is 0.462. The molecule has 0 heterocycles. The molecule has 1 amide bonds. The number of carbonyl (C=O) groups is 1. The van der Waals surface area contributed by atoms with Crippen molar-refractivity contribution in [1.82, 2.24) is 0 Å². The number of nitrogens with zero attached hydrogens (tertiary/aromatic N) is 1. The van der Waals surface area contributed by atoms with Crippen LogP contribution in [-0.2, 0) is 11.4 Å². The second kappa shape index (κ2) is 6.91. The van der Waals surface area contributed by atoms with E-state index in [9.17, 15) is 4.79 Å². The molecule has 0 radical (unpaired) electrons. The van der Waals surface area contributed by atoms with Gasteiger partial charge in [0.15, 0.2) is 0 Å². The first-order chi connectivity index (χ1) is 8.13. The largest absolute Gasteiger partial charge is 0.392 e. The topological polar surface area (TPSA) is 66.6 Å². The molecule has 0 spiro atoms. The fourth-order valence-corrected chi connectivity index (χ4v) is 1.63. The molecule has 0 aliphatic heterocycles. The van der Waals surface area contributed by atoms with Gasteiger partial charge in [-0.1, -0.05) is 12.1 Å². The third-order valence-corrected chi connectivity index (χ3v) is 2.73. The predicted molar refractivity (Wildman–Crippen MR) is 68.7 cm³/mol. The Bertz CT molecular complexity index is 349. The molecule has 0 fully saturated rings. The first kappa shape index (κ1) is 13.5. The van der Waals surface area contributed by atoms with Crippen molar-refractivity contribution in [2.24, 2.45) is 5.73 Å². The average molecular weight is 236 g/mol. The van der Waals surface area contributed by atoms with Gasteiger partial charge in [-0.05, 0) is 30.5 Å². The van der Waals surface area contributed by atoms with Crippen LogP contribution in [0.15, 0.2) is 24.3 Å². The second-order valence-electron chi connectivity index (χ2n) is 4.17. The van der Waals surface area contributed by atoms with Crippen LogP contribution >= 0.6 is 0 Å². The highest BCUT2D eigenvalue weighted by Crippen LogP contribution is 2.14. The summed E-state index contributed by atoms with van der Waals surface area (Å²) in [5.74, 6) is -0.236. The number of benzene rings is 1. The normalized spacial score (nSPS) is 10.2. The summed E-state index contributed by atoms with van der Waals surface area (Å²) < 4.78 is 0. The summed E-state index contributed by atoms with van der Waals surface area (Å²) in [6.07, 6.45) is 2.23. The zero-order valence-electron chi connectivity index (χ0n) is 10.2. The van der Waals surface area contributed by atoms with Crippen molar-refractivity contribution in [3.63, 3.8) is 0 Å². The monoisotopic (exact) mass is 236 g/mol. The molecule has 3 N–H and O–H groups in total. The minimum atomic E-state index is -0.236. The molecule has 4 heteroatoms. The molecule has 0 aliphatic rings. The maximum atomic E-state index is 10.6. The molecule has 0 saturated heterocycles. The summed E-state index contributed by atoms with van der Waals surface area (Å²) in [7, 11) is 2.01. The summed E-state index contributed by atoms with van der Waals surface area (Å²) in [4.78, 5) is 12.7. The van der Waals surface area contributed by atoms with E-state index in [-0.39, 0.29) is 12.5 Å². The highest BCUT2D eigenvalue weighted by molar-refractivity contribution is 5.73. The van der Waals surface area contributed by atoms with Crippen LogP contribution < -0.4 is 10.6 Å². The van der Waals surface area contributed by atoms with Crippen molar-refractivity contribution >= 4 is 11.6 Å². The van der Waals surface area contributed by atoms with Gasteiger partial charge in [0, 0.05) is 25.7 Å².